The van der Waals surface area contributed by atoms with Crippen LogP contribution in [-0.4, -0.2) is 47.1 Å². The molecule has 1 aliphatic carbocycles. The Balaban J connectivity index is 1.89. The van der Waals surface area contributed by atoms with E-state index in [0.29, 0.717) is 12.1 Å². The van der Waals surface area contributed by atoms with Crippen LogP contribution in [0.15, 0.2) is 4.52 Å². The van der Waals surface area contributed by atoms with Gasteiger partial charge in [-0.05, 0) is 19.3 Å². The third-order valence-corrected chi connectivity index (χ3v) is 3.80. The van der Waals surface area contributed by atoms with Crippen LogP contribution in [0.2, 0.25) is 0 Å². The lowest BCUT2D eigenvalue weighted by Crippen LogP contribution is -2.37. The number of carbonyl (C=O) groups excluding carboxylic acids is 4. The SMILES string of the molecule is CNC(=O)C(=O)CCC(C=O)NC(=O)c1nc(C2(C)CC2)no1. The van der Waals surface area contributed by atoms with Gasteiger partial charge in [-0.15, -0.1) is 0 Å². The van der Waals surface area contributed by atoms with Gasteiger partial charge in [-0.1, -0.05) is 12.1 Å². The molecule has 1 fully saturated rings. The zero-order valence-corrected chi connectivity index (χ0v) is 12.9. The van der Waals surface area contributed by atoms with Crippen LogP contribution in [-0.2, 0) is 19.8 Å². The van der Waals surface area contributed by atoms with Crippen molar-refractivity contribution in [3.05, 3.63) is 11.7 Å². The van der Waals surface area contributed by atoms with E-state index in [0.717, 1.165) is 12.8 Å². The van der Waals surface area contributed by atoms with E-state index in [2.05, 4.69) is 20.8 Å². The van der Waals surface area contributed by atoms with E-state index in [1.54, 1.807) is 0 Å². The number of aromatic nitrogens is 2. The van der Waals surface area contributed by atoms with Gasteiger partial charge >= 0.3 is 11.8 Å². The highest BCUT2D eigenvalue weighted by atomic mass is 16.5. The van der Waals surface area contributed by atoms with Crippen LogP contribution >= 0.6 is 0 Å². The predicted octanol–water partition coefficient (Wildman–Crippen LogP) is -0.486. The maximum Gasteiger partial charge on any atom is 0.315 e. The van der Waals surface area contributed by atoms with Gasteiger partial charge in [0.15, 0.2) is 5.82 Å². The van der Waals surface area contributed by atoms with Crippen molar-refractivity contribution in [1.29, 1.82) is 0 Å². The number of ketones is 1. The highest BCUT2D eigenvalue weighted by molar-refractivity contribution is 6.36. The van der Waals surface area contributed by atoms with Crippen molar-refractivity contribution in [3.63, 3.8) is 0 Å². The molecule has 1 aromatic rings. The first kappa shape index (κ1) is 16.8. The fourth-order valence-electron chi connectivity index (χ4n) is 1.92. The van der Waals surface area contributed by atoms with Crippen molar-refractivity contribution in [1.82, 2.24) is 20.8 Å². The minimum absolute atomic E-state index is 0.0141. The monoisotopic (exact) mass is 322 g/mol. The zero-order chi connectivity index (χ0) is 17.0. The molecule has 1 saturated carbocycles. The first-order chi connectivity index (χ1) is 10.9. The molecule has 1 unspecified atom stereocenters. The predicted molar refractivity (Wildman–Crippen MR) is 76.5 cm³/mol. The summed E-state index contributed by atoms with van der Waals surface area (Å²) < 4.78 is 4.90. The number of nitrogens with zero attached hydrogens (tertiary/aromatic N) is 2. The van der Waals surface area contributed by atoms with Gasteiger partial charge in [0, 0.05) is 18.9 Å². The number of nitrogens with one attached hydrogen (secondary N) is 2. The van der Waals surface area contributed by atoms with Gasteiger partial charge in [0.25, 0.3) is 5.91 Å². The van der Waals surface area contributed by atoms with E-state index in [9.17, 15) is 19.2 Å². The smallest absolute Gasteiger partial charge is 0.315 e. The Morgan fingerprint density at radius 2 is 2.09 bits per heavy atom. The Labute approximate surface area is 132 Å². The minimum atomic E-state index is -0.914. The summed E-state index contributed by atoms with van der Waals surface area (Å²) >= 11 is 0. The molecule has 1 aromatic heterocycles. The number of hydrogen-bond donors (Lipinski definition) is 2. The molecule has 0 aliphatic heterocycles. The largest absolute Gasteiger partial charge is 0.353 e. The number of Topliss-reactive ketones (excluding diaryl/α,β-unsaturated/α-hetero) is 1. The topological polar surface area (TPSA) is 131 Å². The summed E-state index contributed by atoms with van der Waals surface area (Å²) in [6.07, 6.45) is 2.23. The van der Waals surface area contributed by atoms with Crippen LogP contribution in [0.25, 0.3) is 0 Å². The number of rotatable bonds is 8. The minimum Gasteiger partial charge on any atom is -0.353 e. The highest BCUT2D eigenvalue weighted by Crippen LogP contribution is 2.45. The molecule has 0 spiro atoms. The molecule has 2 N–H and O–H groups in total. The summed E-state index contributed by atoms with van der Waals surface area (Å²) in [6.45, 7) is 1.97. The summed E-state index contributed by atoms with van der Waals surface area (Å²) in [5, 5.41) is 8.36. The van der Waals surface area contributed by atoms with E-state index in [1.165, 1.54) is 7.05 Å². The average Bonchev–Trinajstić information content (AvgIpc) is 3.10. The Hall–Kier alpha value is -2.58. The van der Waals surface area contributed by atoms with E-state index in [1.807, 2.05) is 6.92 Å². The second-order valence-electron chi connectivity index (χ2n) is 5.74. The normalized spacial score (nSPS) is 16.3. The molecular formula is C14H18N4O5. The number of aldehydes is 1. The van der Waals surface area contributed by atoms with Crippen LogP contribution in [0.1, 0.15) is 49.1 Å². The molecule has 0 radical (unpaired) electrons. The lowest BCUT2D eigenvalue weighted by molar-refractivity contribution is -0.137. The maximum atomic E-state index is 12.0. The van der Waals surface area contributed by atoms with Gasteiger partial charge < -0.3 is 20.0 Å². The molecule has 9 nitrogen and oxygen atoms in total. The van der Waals surface area contributed by atoms with Gasteiger partial charge in [-0.2, -0.15) is 4.98 Å². The summed E-state index contributed by atoms with van der Waals surface area (Å²) in [5.74, 6) is -1.83. The first-order valence-corrected chi connectivity index (χ1v) is 7.25. The summed E-state index contributed by atoms with van der Waals surface area (Å²) in [7, 11) is 1.34. The molecule has 1 heterocycles. The average molecular weight is 322 g/mol. The molecule has 0 bridgehead atoms. The van der Waals surface area contributed by atoms with E-state index in [4.69, 9.17) is 4.52 Å². The first-order valence-electron chi connectivity index (χ1n) is 7.25. The van der Waals surface area contributed by atoms with E-state index >= 15 is 0 Å². The number of amides is 2. The Bertz CT molecular complexity index is 635. The van der Waals surface area contributed by atoms with Crippen molar-refractivity contribution in [2.45, 2.75) is 44.1 Å². The summed E-state index contributed by atoms with van der Waals surface area (Å²) in [4.78, 5) is 49.5. The van der Waals surface area contributed by atoms with Crippen LogP contribution in [0.5, 0.6) is 0 Å². The molecule has 1 atom stereocenters. The van der Waals surface area contributed by atoms with Crippen LogP contribution in [0.3, 0.4) is 0 Å². The molecule has 0 aromatic carbocycles. The number of hydrogen-bond acceptors (Lipinski definition) is 7. The second-order valence-corrected chi connectivity index (χ2v) is 5.74. The number of likely N-dealkylation sites (N-methyl/N-ethyl adjacent to an activating group) is 1. The molecular weight excluding hydrogens is 304 g/mol. The molecule has 124 valence electrons. The highest BCUT2D eigenvalue weighted by Gasteiger charge is 2.44. The third kappa shape index (κ3) is 3.99. The molecule has 0 saturated heterocycles. The van der Waals surface area contributed by atoms with Gasteiger partial charge in [0.2, 0.25) is 5.78 Å². The fourth-order valence-corrected chi connectivity index (χ4v) is 1.92. The van der Waals surface area contributed by atoms with Crippen LogP contribution < -0.4 is 10.6 Å². The molecule has 2 rings (SSSR count). The van der Waals surface area contributed by atoms with Crippen molar-refractivity contribution >= 4 is 23.9 Å². The lowest BCUT2D eigenvalue weighted by atomic mass is 10.1. The van der Waals surface area contributed by atoms with Gasteiger partial charge in [0.1, 0.15) is 6.29 Å². The van der Waals surface area contributed by atoms with Crippen molar-refractivity contribution in [3.8, 4) is 0 Å². The molecule has 1 aliphatic rings. The summed E-state index contributed by atoms with van der Waals surface area (Å²) in [5.41, 5.74) is -0.133. The fraction of sp³-hybridized carbons (Fsp3) is 0.571. The van der Waals surface area contributed by atoms with Gasteiger partial charge in [0.05, 0.1) is 6.04 Å². The maximum absolute atomic E-state index is 12.0. The zero-order valence-electron chi connectivity index (χ0n) is 12.9. The summed E-state index contributed by atoms with van der Waals surface area (Å²) in [6, 6.07) is -0.914. The lowest BCUT2D eigenvalue weighted by Gasteiger charge is -2.10. The van der Waals surface area contributed by atoms with Gasteiger partial charge in [-0.3, -0.25) is 14.4 Å². The third-order valence-electron chi connectivity index (χ3n) is 3.80. The van der Waals surface area contributed by atoms with Gasteiger partial charge in [-0.25, -0.2) is 0 Å². The van der Waals surface area contributed by atoms with Crippen molar-refractivity contribution in [2.75, 3.05) is 7.05 Å². The van der Waals surface area contributed by atoms with Crippen molar-refractivity contribution < 1.29 is 23.7 Å². The number of carbonyl (C=O) groups is 4. The molecule has 23 heavy (non-hydrogen) atoms. The quantitative estimate of drug-likeness (QED) is 0.488. The van der Waals surface area contributed by atoms with E-state index in [-0.39, 0.29) is 24.1 Å². The molecule has 2 amide bonds. The Morgan fingerprint density at radius 3 is 2.65 bits per heavy atom. The second kappa shape index (κ2) is 6.67. The van der Waals surface area contributed by atoms with E-state index < -0.39 is 23.6 Å². The van der Waals surface area contributed by atoms with Crippen molar-refractivity contribution in [2.24, 2.45) is 0 Å². The van der Waals surface area contributed by atoms with Crippen LogP contribution in [0.4, 0.5) is 0 Å². The standard InChI is InChI=1S/C14H18N4O5/c1-14(5-6-14)13-17-12(23-18-13)11(22)16-8(7-19)3-4-9(20)10(21)15-2/h7-8H,3-6H2,1-2H3,(H,15,21)(H,16,22). The Morgan fingerprint density at radius 1 is 1.39 bits per heavy atom. The van der Waals surface area contributed by atoms with Crippen LogP contribution in [0, 0.1) is 0 Å². The molecule has 9 heteroatoms. The Kier molecular flexibility index (Phi) is 4.87.